The van der Waals surface area contributed by atoms with Gasteiger partial charge in [0.2, 0.25) is 5.91 Å². The number of halogens is 1. The molecule has 1 aromatic rings. The minimum absolute atomic E-state index is 0.0279. The van der Waals surface area contributed by atoms with E-state index >= 15 is 0 Å². The third-order valence-corrected chi connectivity index (χ3v) is 3.12. The second-order valence-corrected chi connectivity index (χ2v) is 4.67. The minimum Gasteiger partial charge on any atom is -0.495 e. The molecule has 0 radical (unpaired) electrons. The van der Waals surface area contributed by atoms with Gasteiger partial charge in [0.05, 0.1) is 11.6 Å². The number of carbonyl (C=O) groups is 1. The summed E-state index contributed by atoms with van der Waals surface area (Å²) < 4.78 is 6.01. The zero-order valence-electron chi connectivity index (χ0n) is 10.00. The highest BCUT2D eigenvalue weighted by Crippen LogP contribution is 2.28. The van der Waals surface area contributed by atoms with E-state index in [1.807, 2.05) is 19.1 Å². The van der Waals surface area contributed by atoms with Gasteiger partial charge in [-0.25, -0.2) is 0 Å². The molecule has 3 N–H and O–H groups in total. The number of carbonyl (C=O) groups excluding carboxylic acids is 1. The maximum absolute atomic E-state index is 11.8. The molecule has 1 aromatic carbocycles. The number of ether oxygens (including phenoxy) is 1. The van der Waals surface area contributed by atoms with Crippen molar-refractivity contribution in [1.82, 2.24) is 0 Å². The van der Waals surface area contributed by atoms with E-state index in [9.17, 15) is 4.79 Å². The summed E-state index contributed by atoms with van der Waals surface area (Å²) in [6.07, 6.45) is 0.680. The normalized spacial score (nSPS) is 12.0. The lowest BCUT2D eigenvalue weighted by Gasteiger charge is -2.12. The van der Waals surface area contributed by atoms with Crippen LogP contribution in [0.4, 0.5) is 5.69 Å². The maximum atomic E-state index is 11.8. The Bertz CT molecular complexity index is 396. The van der Waals surface area contributed by atoms with Crippen molar-refractivity contribution >= 4 is 27.5 Å². The van der Waals surface area contributed by atoms with Crippen LogP contribution in [-0.4, -0.2) is 19.6 Å². The molecule has 1 amide bonds. The molecule has 0 aromatic heterocycles. The Labute approximate surface area is 110 Å². The van der Waals surface area contributed by atoms with E-state index in [-0.39, 0.29) is 11.8 Å². The molecule has 0 heterocycles. The first-order chi connectivity index (χ1) is 8.08. The Morgan fingerprint density at radius 2 is 2.29 bits per heavy atom. The van der Waals surface area contributed by atoms with Crippen molar-refractivity contribution in [2.75, 3.05) is 19.0 Å². The summed E-state index contributed by atoms with van der Waals surface area (Å²) in [5.74, 6) is 0.573. The predicted octanol–water partition coefficient (Wildman–Crippen LogP) is 2.38. The zero-order valence-corrected chi connectivity index (χ0v) is 11.6. The van der Waals surface area contributed by atoms with Gasteiger partial charge in [-0.05, 0) is 41.0 Å². The Kier molecular flexibility index (Phi) is 5.44. The average Bonchev–Trinajstić information content (AvgIpc) is 2.31. The molecule has 0 fully saturated rings. The van der Waals surface area contributed by atoms with Gasteiger partial charge in [-0.2, -0.15) is 0 Å². The molecule has 0 bridgehead atoms. The van der Waals surface area contributed by atoms with Gasteiger partial charge in [0, 0.05) is 17.7 Å². The van der Waals surface area contributed by atoms with Crippen molar-refractivity contribution in [3.8, 4) is 5.75 Å². The standard InChI is InChI=1S/C12H17BrN2O2/c1-8(5-6-14)12(16)15-9-3-4-10(13)11(7-9)17-2/h3-4,7-8H,5-6,14H2,1-2H3,(H,15,16). The number of rotatable bonds is 5. The highest BCUT2D eigenvalue weighted by Gasteiger charge is 2.12. The van der Waals surface area contributed by atoms with Crippen LogP contribution in [0.5, 0.6) is 5.75 Å². The van der Waals surface area contributed by atoms with E-state index in [0.717, 1.165) is 10.2 Å². The number of hydrogen-bond donors (Lipinski definition) is 2. The Balaban J connectivity index is 2.71. The highest BCUT2D eigenvalue weighted by molar-refractivity contribution is 9.10. The Morgan fingerprint density at radius 3 is 2.88 bits per heavy atom. The number of nitrogens with one attached hydrogen (secondary N) is 1. The van der Waals surface area contributed by atoms with Crippen molar-refractivity contribution in [3.63, 3.8) is 0 Å². The van der Waals surface area contributed by atoms with Crippen LogP contribution in [0.15, 0.2) is 22.7 Å². The lowest BCUT2D eigenvalue weighted by molar-refractivity contribution is -0.119. The Morgan fingerprint density at radius 1 is 1.59 bits per heavy atom. The summed E-state index contributed by atoms with van der Waals surface area (Å²) in [6.45, 7) is 2.37. The fourth-order valence-corrected chi connectivity index (χ4v) is 1.79. The molecule has 1 rings (SSSR count). The summed E-state index contributed by atoms with van der Waals surface area (Å²) in [5.41, 5.74) is 6.14. The molecule has 1 unspecified atom stereocenters. The molecule has 0 aliphatic heterocycles. The molecule has 0 saturated heterocycles. The van der Waals surface area contributed by atoms with Crippen molar-refractivity contribution in [1.29, 1.82) is 0 Å². The highest BCUT2D eigenvalue weighted by atomic mass is 79.9. The number of anilines is 1. The molecule has 5 heteroatoms. The van der Waals surface area contributed by atoms with Crippen LogP contribution in [0.3, 0.4) is 0 Å². The van der Waals surface area contributed by atoms with Gasteiger partial charge in [0.15, 0.2) is 0 Å². The van der Waals surface area contributed by atoms with E-state index < -0.39 is 0 Å². The first-order valence-electron chi connectivity index (χ1n) is 5.43. The first kappa shape index (κ1) is 14.0. The van der Waals surface area contributed by atoms with Gasteiger partial charge < -0.3 is 15.8 Å². The molecular formula is C12H17BrN2O2. The molecule has 1 atom stereocenters. The van der Waals surface area contributed by atoms with Crippen LogP contribution >= 0.6 is 15.9 Å². The fraction of sp³-hybridized carbons (Fsp3) is 0.417. The van der Waals surface area contributed by atoms with Gasteiger partial charge >= 0.3 is 0 Å². The molecule has 0 saturated carbocycles. The quantitative estimate of drug-likeness (QED) is 0.877. The van der Waals surface area contributed by atoms with E-state index in [1.54, 1.807) is 13.2 Å². The second kappa shape index (κ2) is 6.61. The summed E-state index contributed by atoms with van der Waals surface area (Å²) in [6, 6.07) is 5.43. The van der Waals surface area contributed by atoms with Gasteiger partial charge in [-0.1, -0.05) is 6.92 Å². The molecule has 0 spiro atoms. The van der Waals surface area contributed by atoms with Crippen molar-refractivity contribution in [2.45, 2.75) is 13.3 Å². The van der Waals surface area contributed by atoms with Crippen LogP contribution in [0.2, 0.25) is 0 Å². The molecule has 0 aliphatic carbocycles. The predicted molar refractivity (Wildman–Crippen MR) is 72.2 cm³/mol. The lowest BCUT2D eigenvalue weighted by Crippen LogP contribution is -2.22. The van der Waals surface area contributed by atoms with Gasteiger partial charge in [0.1, 0.15) is 5.75 Å². The second-order valence-electron chi connectivity index (χ2n) is 3.82. The van der Waals surface area contributed by atoms with Gasteiger partial charge in [-0.15, -0.1) is 0 Å². The van der Waals surface area contributed by atoms with Crippen molar-refractivity contribution < 1.29 is 9.53 Å². The van der Waals surface area contributed by atoms with Crippen LogP contribution in [-0.2, 0) is 4.79 Å². The largest absolute Gasteiger partial charge is 0.495 e. The SMILES string of the molecule is COc1cc(NC(=O)C(C)CCN)ccc1Br. The van der Waals surface area contributed by atoms with Gasteiger partial charge in [0.25, 0.3) is 0 Å². The molecule has 94 valence electrons. The van der Waals surface area contributed by atoms with E-state index in [4.69, 9.17) is 10.5 Å². The van der Waals surface area contributed by atoms with E-state index in [1.165, 1.54) is 0 Å². The lowest BCUT2D eigenvalue weighted by atomic mass is 10.1. The van der Waals surface area contributed by atoms with E-state index in [2.05, 4.69) is 21.2 Å². The summed E-state index contributed by atoms with van der Waals surface area (Å²) in [7, 11) is 1.59. The number of benzene rings is 1. The number of nitrogens with two attached hydrogens (primary N) is 1. The van der Waals surface area contributed by atoms with Crippen molar-refractivity contribution in [2.24, 2.45) is 11.7 Å². The van der Waals surface area contributed by atoms with Crippen molar-refractivity contribution in [3.05, 3.63) is 22.7 Å². The van der Waals surface area contributed by atoms with Crippen LogP contribution in [0, 0.1) is 5.92 Å². The smallest absolute Gasteiger partial charge is 0.227 e. The third-order valence-electron chi connectivity index (χ3n) is 2.47. The van der Waals surface area contributed by atoms with Crippen LogP contribution < -0.4 is 15.8 Å². The topological polar surface area (TPSA) is 64.3 Å². The number of amides is 1. The molecule has 0 aliphatic rings. The molecule has 4 nitrogen and oxygen atoms in total. The van der Waals surface area contributed by atoms with E-state index in [0.29, 0.717) is 18.7 Å². The third kappa shape index (κ3) is 4.02. The fourth-order valence-electron chi connectivity index (χ4n) is 1.38. The zero-order chi connectivity index (χ0) is 12.8. The Hall–Kier alpha value is -1.07. The monoisotopic (exact) mass is 300 g/mol. The summed E-state index contributed by atoms with van der Waals surface area (Å²) in [5, 5.41) is 2.83. The van der Waals surface area contributed by atoms with Crippen LogP contribution in [0.1, 0.15) is 13.3 Å². The number of hydrogen-bond acceptors (Lipinski definition) is 3. The molecular weight excluding hydrogens is 284 g/mol. The van der Waals surface area contributed by atoms with Crippen LogP contribution in [0.25, 0.3) is 0 Å². The number of methoxy groups -OCH3 is 1. The first-order valence-corrected chi connectivity index (χ1v) is 6.22. The molecule has 17 heavy (non-hydrogen) atoms. The van der Waals surface area contributed by atoms with Gasteiger partial charge in [-0.3, -0.25) is 4.79 Å². The average molecular weight is 301 g/mol. The summed E-state index contributed by atoms with van der Waals surface area (Å²) >= 11 is 3.36. The maximum Gasteiger partial charge on any atom is 0.227 e. The summed E-state index contributed by atoms with van der Waals surface area (Å²) in [4.78, 5) is 11.8. The minimum atomic E-state index is -0.0883.